The predicted molar refractivity (Wildman–Crippen MR) is 116 cm³/mol. The first kappa shape index (κ1) is 17.7. The minimum atomic E-state index is -0.182. The molecule has 0 fully saturated rings. The normalized spacial score (nSPS) is 18.1. The molecule has 0 bridgehead atoms. The summed E-state index contributed by atoms with van der Waals surface area (Å²) in [5, 5.41) is 0. The number of fused-ring (bicyclic) bond motifs is 3. The molecule has 0 N–H and O–H groups in total. The van der Waals surface area contributed by atoms with E-state index in [9.17, 15) is 0 Å². The summed E-state index contributed by atoms with van der Waals surface area (Å²) in [7, 11) is 0. The van der Waals surface area contributed by atoms with Gasteiger partial charge in [-0.25, -0.2) is 4.99 Å². The molecule has 0 atom stereocenters. The van der Waals surface area contributed by atoms with Crippen molar-refractivity contribution in [3.05, 3.63) is 65.7 Å². The van der Waals surface area contributed by atoms with Crippen molar-refractivity contribution in [3.63, 3.8) is 0 Å². The summed E-state index contributed by atoms with van der Waals surface area (Å²) in [4.78, 5) is 12.5. The Bertz CT molecular complexity index is 980. The number of nitrogens with zero attached hydrogens (tertiary/aromatic N) is 3. The van der Waals surface area contributed by atoms with E-state index >= 15 is 0 Å². The van der Waals surface area contributed by atoms with Crippen LogP contribution in [0.2, 0.25) is 0 Å². The van der Waals surface area contributed by atoms with E-state index in [1.165, 1.54) is 22.3 Å². The molecule has 0 radical (unpaired) electrons. The Labute approximate surface area is 162 Å². The second kappa shape index (κ2) is 5.91. The van der Waals surface area contributed by atoms with Gasteiger partial charge in [-0.1, -0.05) is 48.5 Å². The van der Waals surface area contributed by atoms with Gasteiger partial charge in [-0.15, -0.1) is 0 Å². The van der Waals surface area contributed by atoms with Gasteiger partial charge >= 0.3 is 0 Å². The fraction of sp³-hybridized carbons (Fsp3) is 0.333. The Balaban J connectivity index is 2.07. The lowest BCUT2D eigenvalue weighted by Crippen LogP contribution is -2.46. The van der Waals surface area contributed by atoms with Crippen molar-refractivity contribution in [2.24, 2.45) is 9.98 Å². The number of rotatable bonds is 1. The summed E-state index contributed by atoms with van der Waals surface area (Å²) >= 11 is 0. The maximum Gasteiger partial charge on any atom is 0.144 e. The molecule has 3 nitrogen and oxygen atoms in total. The monoisotopic (exact) mass is 357 g/mol. The fourth-order valence-electron chi connectivity index (χ4n) is 3.74. The van der Waals surface area contributed by atoms with Crippen LogP contribution in [0.1, 0.15) is 52.7 Å². The number of hydrogen-bond donors (Lipinski definition) is 0. The van der Waals surface area contributed by atoms with Crippen LogP contribution in [0.25, 0.3) is 11.1 Å². The van der Waals surface area contributed by atoms with E-state index in [-0.39, 0.29) is 11.1 Å². The van der Waals surface area contributed by atoms with Gasteiger partial charge in [-0.05, 0) is 53.2 Å². The van der Waals surface area contributed by atoms with Crippen LogP contribution >= 0.6 is 0 Å². The van der Waals surface area contributed by atoms with Gasteiger partial charge in [0.15, 0.2) is 0 Å². The molecule has 2 aliphatic heterocycles. The lowest BCUT2D eigenvalue weighted by atomic mass is 9.96. The van der Waals surface area contributed by atoms with Gasteiger partial charge in [0, 0.05) is 22.2 Å². The number of aliphatic imine (C=N–C) groups is 2. The molecule has 0 saturated heterocycles. The highest BCUT2D eigenvalue weighted by atomic mass is 15.3. The Morgan fingerprint density at radius 1 is 0.778 bits per heavy atom. The van der Waals surface area contributed by atoms with E-state index in [1.54, 1.807) is 0 Å². The standard InChI is InChI=1S/C24H27N3/c1-23(2,3)26-22-19(16-12-8-7-9-13-16)20-17-14-10-11-15-18(17)25-21(20)27(22)24(4,5)6/h7-15H,1-6H3. The summed E-state index contributed by atoms with van der Waals surface area (Å²) in [6.45, 7) is 13.1. The molecular weight excluding hydrogens is 330 g/mol. The smallest absolute Gasteiger partial charge is 0.144 e. The van der Waals surface area contributed by atoms with Crippen LogP contribution in [0.5, 0.6) is 0 Å². The second-order valence-corrected chi connectivity index (χ2v) is 9.18. The molecule has 27 heavy (non-hydrogen) atoms. The number of amidine groups is 2. The molecule has 2 heterocycles. The zero-order valence-corrected chi connectivity index (χ0v) is 17.0. The third-order valence-corrected chi connectivity index (χ3v) is 4.70. The van der Waals surface area contributed by atoms with Gasteiger partial charge in [-0.2, -0.15) is 0 Å². The van der Waals surface area contributed by atoms with E-state index in [4.69, 9.17) is 9.98 Å². The first-order valence-electron chi connectivity index (χ1n) is 9.55. The molecule has 0 aliphatic carbocycles. The molecule has 2 aromatic rings. The van der Waals surface area contributed by atoms with Crippen molar-refractivity contribution in [2.45, 2.75) is 52.6 Å². The van der Waals surface area contributed by atoms with Gasteiger partial charge in [0.1, 0.15) is 11.7 Å². The zero-order chi connectivity index (χ0) is 19.4. The summed E-state index contributed by atoms with van der Waals surface area (Å²) in [6.07, 6.45) is 0. The molecule has 0 unspecified atom stereocenters. The SMILES string of the molecule is CC(C)(C)N=C1C(c2ccccc2)=C2C(=Nc3ccccc32)N1C(C)(C)C. The van der Waals surface area contributed by atoms with Crippen molar-refractivity contribution in [1.82, 2.24) is 4.90 Å². The molecule has 4 rings (SSSR count). The van der Waals surface area contributed by atoms with Crippen LogP contribution in [-0.2, 0) is 0 Å². The third-order valence-electron chi connectivity index (χ3n) is 4.70. The minimum absolute atomic E-state index is 0.132. The molecule has 2 aliphatic rings. The van der Waals surface area contributed by atoms with Crippen molar-refractivity contribution in [2.75, 3.05) is 0 Å². The number of hydrogen-bond acceptors (Lipinski definition) is 2. The van der Waals surface area contributed by atoms with Crippen molar-refractivity contribution >= 4 is 28.5 Å². The first-order chi connectivity index (χ1) is 12.7. The van der Waals surface area contributed by atoms with E-state index in [2.05, 4.69) is 101 Å². The Morgan fingerprint density at radius 2 is 1.41 bits per heavy atom. The zero-order valence-electron chi connectivity index (χ0n) is 17.0. The molecule has 138 valence electrons. The van der Waals surface area contributed by atoms with Crippen LogP contribution in [0.15, 0.2) is 64.6 Å². The molecular formula is C24H27N3. The van der Waals surface area contributed by atoms with Crippen LogP contribution < -0.4 is 0 Å². The number of para-hydroxylation sites is 1. The van der Waals surface area contributed by atoms with Gasteiger partial charge in [-0.3, -0.25) is 4.99 Å². The van der Waals surface area contributed by atoms with Crippen LogP contribution in [0, 0.1) is 0 Å². The average molecular weight is 358 g/mol. The molecule has 0 spiro atoms. The largest absolute Gasteiger partial charge is 0.305 e. The summed E-state index contributed by atoms with van der Waals surface area (Å²) in [5.74, 6) is 2.04. The quantitative estimate of drug-likeness (QED) is 0.619. The topological polar surface area (TPSA) is 28.0 Å². The summed E-state index contributed by atoms with van der Waals surface area (Å²) in [5.41, 5.74) is 5.50. The van der Waals surface area contributed by atoms with Gasteiger partial charge in [0.05, 0.1) is 11.2 Å². The lowest BCUT2D eigenvalue weighted by Gasteiger charge is -2.35. The fourth-order valence-corrected chi connectivity index (χ4v) is 3.74. The van der Waals surface area contributed by atoms with E-state index in [1.807, 2.05) is 0 Å². The molecule has 0 aromatic heterocycles. The van der Waals surface area contributed by atoms with Crippen molar-refractivity contribution < 1.29 is 0 Å². The highest BCUT2D eigenvalue weighted by Gasteiger charge is 2.44. The van der Waals surface area contributed by atoms with Crippen molar-refractivity contribution in [3.8, 4) is 0 Å². The average Bonchev–Trinajstić information content (AvgIpc) is 3.07. The van der Waals surface area contributed by atoms with Crippen LogP contribution in [0.4, 0.5) is 5.69 Å². The van der Waals surface area contributed by atoms with Crippen LogP contribution in [0.3, 0.4) is 0 Å². The molecule has 3 heteroatoms. The van der Waals surface area contributed by atoms with Crippen molar-refractivity contribution in [1.29, 1.82) is 0 Å². The van der Waals surface area contributed by atoms with Gasteiger partial charge in [0.25, 0.3) is 0 Å². The van der Waals surface area contributed by atoms with E-state index in [0.29, 0.717) is 0 Å². The van der Waals surface area contributed by atoms with E-state index < -0.39 is 0 Å². The highest BCUT2D eigenvalue weighted by molar-refractivity contribution is 6.53. The predicted octanol–water partition coefficient (Wildman–Crippen LogP) is 5.95. The Kier molecular flexibility index (Phi) is 3.88. The summed E-state index contributed by atoms with van der Waals surface area (Å²) < 4.78 is 0. The maximum atomic E-state index is 5.17. The van der Waals surface area contributed by atoms with E-state index in [0.717, 1.165) is 17.4 Å². The molecule has 0 amide bonds. The lowest BCUT2D eigenvalue weighted by molar-refractivity contribution is 0.346. The maximum absolute atomic E-state index is 5.17. The van der Waals surface area contributed by atoms with Gasteiger partial charge in [0.2, 0.25) is 0 Å². The molecule has 2 aromatic carbocycles. The van der Waals surface area contributed by atoms with Crippen LogP contribution in [-0.4, -0.2) is 27.6 Å². The first-order valence-corrected chi connectivity index (χ1v) is 9.55. The molecule has 0 saturated carbocycles. The Hall–Kier alpha value is -2.68. The Morgan fingerprint density at radius 3 is 2.04 bits per heavy atom. The second-order valence-electron chi connectivity index (χ2n) is 9.18. The minimum Gasteiger partial charge on any atom is -0.305 e. The summed E-state index contributed by atoms with van der Waals surface area (Å²) in [6, 6.07) is 19.0. The van der Waals surface area contributed by atoms with Gasteiger partial charge < -0.3 is 4.90 Å². The number of benzene rings is 2. The highest BCUT2D eigenvalue weighted by Crippen LogP contribution is 2.47. The third kappa shape index (κ3) is 3.01.